The van der Waals surface area contributed by atoms with Gasteiger partial charge in [-0.1, -0.05) is 18.2 Å². The molecule has 0 bridgehead atoms. The molecular weight excluding hydrogens is 364 g/mol. The number of amides is 1. The van der Waals surface area contributed by atoms with E-state index < -0.39 is 24.0 Å². The molecule has 0 saturated carbocycles. The van der Waals surface area contributed by atoms with Crippen LogP contribution in [0.15, 0.2) is 53.3 Å². The van der Waals surface area contributed by atoms with Gasteiger partial charge < -0.3 is 24.5 Å². The molecule has 0 aliphatic heterocycles. The highest BCUT2D eigenvalue weighted by molar-refractivity contribution is 6.04. The summed E-state index contributed by atoms with van der Waals surface area (Å²) in [6, 6.07) is 12.8. The van der Waals surface area contributed by atoms with Gasteiger partial charge in [0.15, 0.2) is 18.1 Å². The number of anilines is 1. The number of benzene rings is 2. The largest absolute Gasteiger partial charge is 0.493 e. The van der Waals surface area contributed by atoms with Crippen molar-refractivity contribution in [3.05, 3.63) is 64.4 Å². The van der Waals surface area contributed by atoms with Crippen LogP contribution in [-0.4, -0.2) is 37.7 Å². The number of esters is 1. The average molecular weight is 382 g/mol. The molecule has 8 heteroatoms. The maximum Gasteiger partial charge on any atom is 0.339 e. The number of fused-ring (bicyclic) bond motifs is 1. The Morgan fingerprint density at radius 3 is 2.50 bits per heavy atom. The fourth-order valence-corrected chi connectivity index (χ4v) is 2.69. The molecule has 28 heavy (non-hydrogen) atoms. The van der Waals surface area contributed by atoms with Gasteiger partial charge in [0.05, 0.1) is 19.8 Å². The first-order chi connectivity index (χ1) is 13.5. The summed E-state index contributed by atoms with van der Waals surface area (Å²) in [6.45, 7) is -0.506. The summed E-state index contributed by atoms with van der Waals surface area (Å²) in [5.74, 6) is -0.320. The molecule has 3 aromatic rings. The molecule has 3 rings (SSSR count). The topological polar surface area (TPSA) is 107 Å². The predicted octanol–water partition coefficient (Wildman–Crippen LogP) is 2.34. The Labute approximate surface area is 160 Å². The fraction of sp³-hybridized carbons (Fsp3) is 0.150. The molecule has 0 atom stereocenters. The highest BCUT2D eigenvalue weighted by Crippen LogP contribution is 2.29. The van der Waals surface area contributed by atoms with Gasteiger partial charge in [0.1, 0.15) is 0 Å². The molecule has 0 aliphatic carbocycles. The van der Waals surface area contributed by atoms with E-state index >= 15 is 0 Å². The van der Waals surface area contributed by atoms with Crippen molar-refractivity contribution >= 4 is 28.5 Å². The number of aromatic nitrogens is 1. The second kappa shape index (κ2) is 8.26. The number of ether oxygens (including phenoxy) is 3. The van der Waals surface area contributed by atoms with Crippen LogP contribution in [0.3, 0.4) is 0 Å². The van der Waals surface area contributed by atoms with E-state index in [1.54, 1.807) is 42.5 Å². The summed E-state index contributed by atoms with van der Waals surface area (Å²) in [6.07, 6.45) is 0. The van der Waals surface area contributed by atoms with Crippen molar-refractivity contribution in [2.24, 2.45) is 0 Å². The molecule has 1 amide bonds. The lowest BCUT2D eigenvalue weighted by Gasteiger charge is -2.11. The van der Waals surface area contributed by atoms with E-state index in [-0.39, 0.29) is 5.56 Å². The number of methoxy groups -OCH3 is 2. The summed E-state index contributed by atoms with van der Waals surface area (Å²) >= 11 is 0. The van der Waals surface area contributed by atoms with Gasteiger partial charge >= 0.3 is 5.97 Å². The first kappa shape index (κ1) is 19.0. The monoisotopic (exact) mass is 382 g/mol. The molecule has 2 aromatic carbocycles. The maximum absolute atomic E-state index is 12.4. The minimum atomic E-state index is -0.759. The quantitative estimate of drug-likeness (QED) is 0.634. The molecule has 144 valence electrons. The van der Waals surface area contributed by atoms with E-state index in [0.717, 1.165) is 6.07 Å². The third-order valence-corrected chi connectivity index (χ3v) is 3.97. The molecule has 0 fully saturated rings. The summed E-state index contributed by atoms with van der Waals surface area (Å²) in [5.41, 5.74) is 0.635. The smallest absolute Gasteiger partial charge is 0.339 e. The van der Waals surface area contributed by atoms with Crippen molar-refractivity contribution in [1.29, 1.82) is 0 Å². The molecule has 1 aromatic heterocycles. The summed E-state index contributed by atoms with van der Waals surface area (Å²) in [5, 5.41) is 3.14. The first-order valence-corrected chi connectivity index (χ1v) is 8.33. The minimum absolute atomic E-state index is 0.0956. The first-order valence-electron chi connectivity index (χ1n) is 8.33. The highest BCUT2D eigenvalue weighted by atomic mass is 16.5. The summed E-state index contributed by atoms with van der Waals surface area (Å²) in [4.78, 5) is 38.8. The summed E-state index contributed by atoms with van der Waals surface area (Å²) < 4.78 is 15.4. The van der Waals surface area contributed by atoms with Crippen LogP contribution in [0.1, 0.15) is 10.4 Å². The van der Waals surface area contributed by atoms with Gasteiger partial charge in [-0.25, -0.2) is 4.79 Å². The lowest BCUT2D eigenvalue weighted by atomic mass is 10.1. The van der Waals surface area contributed by atoms with Crippen LogP contribution in [-0.2, 0) is 9.53 Å². The van der Waals surface area contributed by atoms with E-state index in [1.165, 1.54) is 14.2 Å². The minimum Gasteiger partial charge on any atom is -0.493 e. The molecule has 8 nitrogen and oxygen atoms in total. The van der Waals surface area contributed by atoms with Crippen LogP contribution in [0.2, 0.25) is 0 Å². The molecule has 1 heterocycles. The number of rotatable bonds is 6. The second-order valence-corrected chi connectivity index (χ2v) is 5.79. The van der Waals surface area contributed by atoms with Crippen LogP contribution >= 0.6 is 0 Å². The molecule has 2 N–H and O–H groups in total. The van der Waals surface area contributed by atoms with E-state index in [9.17, 15) is 14.4 Å². The van der Waals surface area contributed by atoms with Crippen LogP contribution in [0, 0.1) is 0 Å². The van der Waals surface area contributed by atoms with Gasteiger partial charge in [-0.05, 0) is 18.2 Å². The standard InChI is InChI=1S/C20H18N2O6/c1-26-16-8-7-12(9-17(16)27-2)21-19(24)11-28-20(25)14-10-18(23)22-15-6-4-3-5-13(14)15/h3-10H,11H2,1-2H3,(H,21,24)(H,22,23). The number of pyridine rings is 1. The average Bonchev–Trinajstić information content (AvgIpc) is 2.71. The van der Waals surface area contributed by atoms with Crippen LogP contribution < -0.4 is 20.3 Å². The molecule has 0 saturated heterocycles. The number of nitrogens with one attached hydrogen (secondary N) is 2. The van der Waals surface area contributed by atoms with Crippen LogP contribution in [0.5, 0.6) is 11.5 Å². The predicted molar refractivity (Wildman–Crippen MR) is 103 cm³/mol. The fourth-order valence-electron chi connectivity index (χ4n) is 2.69. The Morgan fingerprint density at radius 2 is 1.75 bits per heavy atom. The molecule has 0 spiro atoms. The number of hydrogen-bond donors (Lipinski definition) is 2. The van der Waals surface area contributed by atoms with Crippen molar-refractivity contribution in [3.8, 4) is 11.5 Å². The van der Waals surface area contributed by atoms with Gasteiger partial charge in [-0.2, -0.15) is 0 Å². The normalized spacial score (nSPS) is 10.4. The number of carbonyl (C=O) groups excluding carboxylic acids is 2. The number of para-hydroxylation sites is 1. The van der Waals surface area contributed by atoms with Crippen molar-refractivity contribution < 1.29 is 23.8 Å². The van der Waals surface area contributed by atoms with Crippen molar-refractivity contribution in [3.63, 3.8) is 0 Å². The van der Waals surface area contributed by atoms with Crippen molar-refractivity contribution in [2.45, 2.75) is 0 Å². The maximum atomic E-state index is 12.4. The zero-order chi connectivity index (χ0) is 20.1. The van der Waals surface area contributed by atoms with Gasteiger partial charge in [-0.3, -0.25) is 9.59 Å². The van der Waals surface area contributed by atoms with Gasteiger partial charge in [0.2, 0.25) is 5.56 Å². The van der Waals surface area contributed by atoms with E-state index in [4.69, 9.17) is 14.2 Å². The van der Waals surface area contributed by atoms with Crippen LogP contribution in [0.25, 0.3) is 10.9 Å². The zero-order valence-corrected chi connectivity index (χ0v) is 15.3. The SMILES string of the molecule is COc1ccc(NC(=O)COC(=O)c2cc(=O)[nH]c3ccccc23)cc1OC. The number of H-pyrrole nitrogens is 1. The van der Waals surface area contributed by atoms with Gasteiger partial charge in [0, 0.05) is 28.7 Å². The Hall–Kier alpha value is -3.81. The van der Waals surface area contributed by atoms with Crippen molar-refractivity contribution in [2.75, 3.05) is 26.1 Å². The lowest BCUT2D eigenvalue weighted by Crippen LogP contribution is -2.22. The second-order valence-electron chi connectivity index (χ2n) is 5.79. The number of carbonyl (C=O) groups is 2. The molecule has 0 unspecified atom stereocenters. The number of hydrogen-bond acceptors (Lipinski definition) is 6. The third kappa shape index (κ3) is 4.12. The Balaban J connectivity index is 1.68. The van der Waals surface area contributed by atoms with Crippen molar-refractivity contribution in [1.82, 2.24) is 4.98 Å². The lowest BCUT2D eigenvalue weighted by molar-refractivity contribution is -0.119. The highest BCUT2D eigenvalue weighted by Gasteiger charge is 2.15. The van der Waals surface area contributed by atoms with Gasteiger partial charge in [0.25, 0.3) is 5.91 Å². The van der Waals surface area contributed by atoms with E-state index in [1.807, 2.05) is 0 Å². The number of aromatic amines is 1. The Morgan fingerprint density at radius 1 is 1.00 bits per heavy atom. The molecular formula is C20H18N2O6. The van der Waals surface area contributed by atoms with E-state index in [2.05, 4.69) is 10.3 Å². The summed E-state index contributed by atoms with van der Waals surface area (Å²) in [7, 11) is 2.99. The molecule has 0 aliphatic rings. The Kier molecular flexibility index (Phi) is 5.59. The van der Waals surface area contributed by atoms with Gasteiger partial charge in [-0.15, -0.1) is 0 Å². The third-order valence-electron chi connectivity index (χ3n) is 3.97. The van der Waals surface area contributed by atoms with Crippen LogP contribution in [0.4, 0.5) is 5.69 Å². The van der Waals surface area contributed by atoms with E-state index in [0.29, 0.717) is 28.1 Å². The zero-order valence-electron chi connectivity index (χ0n) is 15.3. The molecule has 0 radical (unpaired) electrons. The Bertz CT molecular complexity index is 1090.